The van der Waals surface area contributed by atoms with Crippen LogP contribution in [0.3, 0.4) is 0 Å². The van der Waals surface area contributed by atoms with Crippen molar-refractivity contribution in [2.24, 2.45) is 7.05 Å². The average Bonchev–Trinajstić information content (AvgIpc) is 2.81. The van der Waals surface area contributed by atoms with E-state index in [0.717, 1.165) is 31.0 Å². The first-order chi connectivity index (χ1) is 9.74. The molecule has 1 aromatic heterocycles. The van der Waals surface area contributed by atoms with Crippen LogP contribution in [0.1, 0.15) is 30.7 Å². The first-order valence-electron chi connectivity index (χ1n) is 7.17. The van der Waals surface area contributed by atoms with E-state index in [2.05, 4.69) is 29.6 Å². The van der Waals surface area contributed by atoms with Crippen molar-refractivity contribution in [1.82, 2.24) is 15.1 Å². The summed E-state index contributed by atoms with van der Waals surface area (Å²) in [6.45, 7) is 6.47. The number of nitrogens with zero attached hydrogens (tertiary/aromatic N) is 2. The van der Waals surface area contributed by atoms with Crippen LogP contribution >= 0.6 is 0 Å². The van der Waals surface area contributed by atoms with Crippen LogP contribution in [0.5, 0.6) is 5.75 Å². The zero-order valence-corrected chi connectivity index (χ0v) is 12.5. The molecule has 1 heterocycles. The second-order valence-corrected chi connectivity index (χ2v) is 4.77. The lowest BCUT2D eigenvalue weighted by atomic mass is 10.2. The standard InChI is InChI=1S/C16H23N3O/c1-4-15-14(12-19(3)18-15)11-17-10-13-8-6-7-9-16(13)20-5-2/h6-9,12,17H,4-5,10-11H2,1-3H3. The Morgan fingerprint density at radius 3 is 2.65 bits per heavy atom. The van der Waals surface area contributed by atoms with E-state index >= 15 is 0 Å². The number of aryl methyl sites for hydroxylation is 2. The van der Waals surface area contributed by atoms with Crippen LogP contribution in [-0.4, -0.2) is 16.4 Å². The van der Waals surface area contributed by atoms with E-state index in [4.69, 9.17) is 4.74 Å². The molecule has 0 aliphatic carbocycles. The van der Waals surface area contributed by atoms with Crippen molar-refractivity contribution in [3.8, 4) is 5.75 Å². The number of nitrogens with one attached hydrogen (secondary N) is 1. The summed E-state index contributed by atoms with van der Waals surface area (Å²) in [4.78, 5) is 0. The van der Waals surface area contributed by atoms with Crippen LogP contribution in [0.4, 0.5) is 0 Å². The fraction of sp³-hybridized carbons (Fsp3) is 0.438. The van der Waals surface area contributed by atoms with E-state index in [-0.39, 0.29) is 0 Å². The highest BCUT2D eigenvalue weighted by atomic mass is 16.5. The van der Waals surface area contributed by atoms with Gasteiger partial charge in [-0.05, 0) is 19.4 Å². The second-order valence-electron chi connectivity index (χ2n) is 4.77. The SMILES string of the molecule is CCOc1ccccc1CNCc1cn(C)nc1CC. The number of para-hydroxylation sites is 1. The molecule has 1 aromatic carbocycles. The molecule has 1 N–H and O–H groups in total. The van der Waals surface area contributed by atoms with Crippen molar-refractivity contribution in [3.63, 3.8) is 0 Å². The monoisotopic (exact) mass is 273 g/mol. The minimum Gasteiger partial charge on any atom is -0.494 e. The number of benzene rings is 1. The van der Waals surface area contributed by atoms with E-state index in [9.17, 15) is 0 Å². The van der Waals surface area contributed by atoms with Gasteiger partial charge >= 0.3 is 0 Å². The van der Waals surface area contributed by atoms with Crippen molar-refractivity contribution in [1.29, 1.82) is 0 Å². The Morgan fingerprint density at radius 2 is 1.90 bits per heavy atom. The molecule has 0 amide bonds. The zero-order chi connectivity index (χ0) is 14.4. The largest absolute Gasteiger partial charge is 0.494 e. The maximum Gasteiger partial charge on any atom is 0.123 e. The number of hydrogen-bond donors (Lipinski definition) is 1. The van der Waals surface area contributed by atoms with E-state index in [1.807, 2.05) is 36.9 Å². The fourth-order valence-electron chi connectivity index (χ4n) is 2.31. The summed E-state index contributed by atoms with van der Waals surface area (Å²) in [5.74, 6) is 0.962. The molecule has 2 aromatic rings. The maximum absolute atomic E-state index is 5.63. The highest BCUT2D eigenvalue weighted by Crippen LogP contribution is 2.17. The maximum atomic E-state index is 5.63. The van der Waals surface area contributed by atoms with Gasteiger partial charge in [0, 0.05) is 37.5 Å². The first-order valence-corrected chi connectivity index (χ1v) is 7.17. The topological polar surface area (TPSA) is 39.1 Å². The van der Waals surface area contributed by atoms with Gasteiger partial charge in [-0.3, -0.25) is 4.68 Å². The number of rotatable bonds is 7. The zero-order valence-electron chi connectivity index (χ0n) is 12.5. The normalized spacial score (nSPS) is 10.8. The minimum atomic E-state index is 0.694. The minimum absolute atomic E-state index is 0.694. The highest BCUT2D eigenvalue weighted by Gasteiger charge is 2.06. The van der Waals surface area contributed by atoms with E-state index < -0.39 is 0 Å². The summed E-state index contributed by atoms with van der Waals surface area (Å²) in [5.41, 5.74) is 3.62. The molecular weight excluding hydrogens is 250 g/mol. The Bertz CT molecular complexity index is 548. The molecule has 0 fully saturated rings. The van der Waals surface area contributed by atoms with Gasteiger partial charge in [0.2, 0.25) is 0 Å². The third-order valence-electron chi connectivity index (χ3n) is 3.23. The van der Waals surface area contributed by atoms with E-state index in [1.165, 1.54) is 11.1 Å². The lowest BCUT2D eigenvalue weighted by Crippen LogP contribution is -2.14. The molecule has 4 heteroatoms. The summed E-state index contributed by atoms with van der Waals surface area (Å²) < 4.78 is 7.51. The highest BCUT2D eigenvalue weighted by molar-refractivity contribution is 5.33. The van der Waals surface area contributed by atoms with Gasteiger partial charge in [0.1, 0.15) is 5.75 Å². The molecule has 0 aliphatic rings. The molecule has 20 heavy (non-hydrogen) atoms. The fourth-order valence-corrected chi connectivity index (χ4v) is 2.31. The molecule has 0 aliphatic heterocycles. The van der Waals surface area contributed by atoms with Crippen LogP contribution in [0.25, 0.3) is 0 Å². The van der Waals surface area contributed by atoms with Crippen LogP contribution in [0, 0.1) is 0 Å². The van der Waals surface area contributed by atoms with Gasteiger partial charge in [0.15, 0.2) is 0 Å². The van der Waals surface area contributed by atoms with Gasteiger partial charge in [-0.25, -0.2) is 0 Å². The van der Waals surface area contributed by atoms with Gasteiger partial charge in [-0.15, -0.1) is 0 Å². The first kappa shape index (κ1) is 14.6. The lowest BCUT2D eigenvalue weighted by Gasteiger charge is -2.10. The van der Waals surface area contributed by atoms with Crippen molar-refractivity contribution < 1.29 is 4.74 Å². The lowest BCUT2D eigenvalue weighted by molar-refractivity contribution is 0.335. The molecule has 0 spiro atoms. The van der Waals surface area contributed by atoms with E-state index in [1.54, 1.807) is 0 Å². The molecule has 2 rings (SSSR count). The smallest absolute Gasteiger partial charge is 0.123 e. The third kappa shape index (κ3) is 3.61. The Kier molecular flexibility index (Phi) is 5.18. The molecule has 4 nitrogen and oxygen atoms in total. The number of aromatic nitrogens is 2. The van der Waals surface area contributed by atoms with Crippen molar-refractivity contribution in [2.45, 2.75) is 33.4 Å². The van der Waals surface area contributed by atoms with Gasteiger partial charge < -0.3 is 10.1 Å². The van der Waals surface area contributed by atoms with Crippen LogP contribution in [0.15, 0.2) is 30.5 Å². The van der Waals surface area contributed by atoms with Gasteiger partial charge in [0.05, 0.1) is 12.3 Å². The summed E-state index contributed by atoms with van der Waals surface area (Å²) in [6.07, 6.45) is 3.05. The van der Waals surface area contributed by atoms with Crippen molar-refractivity contribution in [3.05, 3.63) is 47.3 Å². The summed E-state index contributed by atoms with van der Waals surface area (Å²) in [5, 5.41) is 7.93. The Balaban J connectivity index is 1.95. The predicted molar refractivity (Wildman–Crippen MR) is 80.7 cm³/mol. The molecule has 0 radical (unpaired) electrons. The number of ether oxygens (including phenoxy) is 1. The summed E-state index contributed by atoms with van der Waals surface area (Å²) in [7, 11) is 1.97. The summed E-state index contributed by atoms with van der Waals surface area (Å²) >= 11 is 0. The molecule has 0 saturated carbocycles. The molecule has 0 bridgehead atoms. The van der Waals surface area contributed by atoms with Crippen LogP contribution in [0.2, 0.25) is 0 Å². The second kappa shape index (κ2) is 7.10. The Hall–Kier alpha value is -1.81. The predicted octanol–water partition coefficient (Wildman–Crippen LogP) is 2.67. The van der Waals surface area contributed by atoms with Crippen molar-refractivity contribution in [2.75, 3.05) is 6.61 Å². The number of hydrogen-bond acceptors (Lipinski definition) is 3. The Labute approximate surface area is 120 Å². The van der Waals surface area contributed by atoms with Gasteiger partial charge in [0.25, 0.3) is 0 Å². The van der Waals surface area contributed by atoms with Gasteiger partial charge in [-0.2, -0.15) is 5.10 Å². The van der Waals surface area contributed by atoms with Gasteiger partial charge in [-0.1, -0.05) is 25.1 Å². The molecule has 0 saturated heterocycles. The molecule has 0 unspecified atom stereocenters. The average molecular weight is 273 g/mol. The Morgan fingerprint density at radius 1 is 1.15 bits per heavy atom. The van der Waals surface area contributed by atoms with Crippen LogP contribution in [-0.2, 0) is 26.6 Å². The molecular formula is C16H23N3O. The molecule has 0 atom stereocenters. The van der Waals surface area contributed by atoms with Crippen molar-refractivity contribution >= 4 is 0 Å². The van der Waals surface area contributed by atoms with Crippen LogP contribution < -0.4 is 10.1 Å². The molecule has 108 valence electrons. The van der Waals surface area contributed by atoms with E-state index in [0.29, 0.717) is 6.61 Å². The quantitative estimate of drug-likeness (QED) is 0.843. The third-order valence-corrected chi connectivity index (χ3v) is 3.23. The summed E-state index contributed by atoms with van der Waals surface area (Å²) in [6, 6.07) is 8.16.